The number of para-hydroxylation sites is 2. The van der Waals surface area contributed by atoms with Crippen LogP contribution in [-0.2, 0) is 0 Å². The van der Waals surface area contributed by atoms with Gasteiger partial charge in [-0.3, -0.25) is 4.79 Å². The van der Waals surface area contributed by atoms with E-state index in [0.29, 0.717) is 18.8 Å². The Hall–Kier alpha value is -2.99. The molecule has 3 N–H and O–H groups in total. The third kappa shape index (κ3) is 2.56. The fraction of sp³-hybridized carbons (Fsp3) is 0.318. The van der Waals surface area contributed by atoms with Gasteiger partial charge in [-0.15, -0.1) is 0 Å². The number of carbonyl (C=O) groups excluding carboxylic acids is 1. The SMILES string of the molecule is CCOc1cccc2c1OCC([C@@H]1NC(=O)c3cccc4c3N1CC[C@H]4N)=C2. The average molecular weight is 377 g/mol. The van der Waals surface area contributed by atoms with Gasteiger partial charge in [-0.05, 0) is 37.1 Å². The minimum Gasteiger partial charge on any atom is -0.490 e. The molecule has 5 rings (SSSR count). The van der Waals surface area contributed by atoms with Crippen LogP contribution in [-0.4, -0.2) is 31.8 Å². The van der Waals surface area contributed by atoms with Crippen molar-refractivity contribution in [1.29, 1.82) is 0 Å². The lowest BCUT2D eigenvalue weighted by molar-refractivity contribution is 0.0930. The van der Waals surface area contributed by atoms with Gasteiger partial charge in [0.1, 0.15) is 12.8 Å². The first kappa shape index (κ1) is 17.1. The highest BCUT2D eigenvalue weighted by Crippen LogP contribution is 2.42. The van der Waals surface area contributed by atoms with E-state index in [4.69, 9.17) is 15.2 Å². The quantitative estimate of drug-likeness (QED) is 0.860. The van der Waals surface area contributed by atoms with Crippen LogP contribution < -0.4 is 25.4 Å². The molecule has 2 atom stereocenters. The van der Waals surface area contributed by atoms with Gasteiger partial charge in [-0.25, -0.2) is 0 Å². The number of benzene rings is 2. The van der Waals surface area contributed by atoms with E-state index in [0.717, 1.165) is 46.9 Å². The van der Waals surface area contributed by atoms with Crippen molar-refractivity contribution in [3.8, 4) is 11.5 Å². The number of carbonyl (C=O) groups is 1. The van der Waals surface area contributed by atoms with E-state index in [9.17, 15) is 4.79 Å². The molecule has 6 heteroatoms. The molecule has 0 fully saturated rings. The smallest absolute Gasteiger partial charge is 0.255 e. The van der Waals surface area contributed by atoms with Gasteiger partial charge >= 0.3 is 0 Å². The lowest BCUT2D eigenvalue weighted by atomic mass is 9.90. The number of anilines is 1. The molecule has 6 nitrogen and oxygen atoms in total. The number of nitrogens with two attached hydrogens (primary N) is 1. The summed E-state index contributed by atoms with van der Waals surface area (Å²) in [7, 11) is 0. The van der Waals surface area contributed by atoms with Crippen LogP contribution in [0.4, 0.5) is 5.69 Å². The molecular weight excluding hydrogens is 354 g/mol. The molecule has 0 spiro atoms. The fourth-order valence-electron chi connectivity index (χ4n) is 4.37. The largest absolute Gasteiger partial charge is 0.490 e. The molecule has 3 aliphatic rings. The first-order valence-corrected chi connectivity index (χ1v) is 9.72. The van der Waals surface area contributed by atoms with Crippen molar-refractivity contribution in [3.05, 3.63) is 58.7 Å². The summed E-state index contributed by atoms with van der Waals surface area (Å²) < 4.78 is 11.7. The zero-order valence-corrected chi connectivity index (χ0v) is 15.8. The maximum absolute atomic E-state index is 12.8. The summed E-state index contributed by atoms with van der Waals surface area (Å²) in [6.07, 6.45) is 2.72. The van der Waals surface area contributed by atoms with Gasteiger partial charge in [0.15, 0.2) is 11.5 Å². The van der Waals surface area contributed by atoms with Crippen molar-refractivity contribution in [2.24, 2.45) is 5.73 Å². The number of fused-ring (bicyclic) bond motifs is 1. The van der Waals surface area contributed by atoms with Crippen LogP contribution in [0.5, 0.6) is 11.5 Å². The second kappa shape index (κ2) is 6.56. The van der Waals surface area contributed by atoms with Crippen molar-refractivity contribution >= 4 is 17.7 Å². The highest BCUT2D eigenvalue weighted by molar-refractivity contribution is 6.03. The van der Waals surface area contributed by atoms with Gasteiger partial charge in [0.25, 0.3) is 5.91 Å². The van der Waals surface area contributed by atoms with Crippen LogP contribution in [0.1, 0.15) is 40.9 Å². The molecule has 3 heterocycles. The molecule has 0 aliphatic carbocycles. The van der Waals surface area contributed by atoms with Crippen LogP contribution in [0.15, 0.2) is 42.0 Å². The summed E-state index contributed by atoms with van der Waals surface area (Å²) in [5.74, 6) is 1.44. The molecule has 2 aromatic carbocycles. The Morgan fingerprint density at radius 3 is 3.00 bits per heavy atom. The van der Waals surface area contributed by atoms with Crippen LogP contribution in [0.2, 0.25) is 0 Å². The Morgan fingerprint density at radius 2 is 2.14 bits per heavy atom. The molecule has 0 saturated carbocycles. The molecule has 28 heavy (non-hydrogen) atoms. The Bertz CT molecular complexity index is 985. The molecule has 0 aromatic heterocycles. The molecule has 144 valence electrons. The summed E-state index contributed by atoms with van der Waals surface area (Å²) in [4.78, 5) is 15.1. The van der Waals surface area contributed by atoms with Crippen molar-refractivity contribution in [3.63, 3.8) is 0 Å². The maximum Gasteiger partial charge on any atom is 0.255 e. The van der Waals surface area contributed by atoms with Crippen LogP contribution in [0.3, 0.4) is 0 Å². The van der Waals surface area contributed by atoms with Gasteiger partial charge in [0.05, 0.1) is 17.9 Å². The minimum atomic E-state index is -0.238. The summed E-state index contributed by atoms with van der Waals surface area (Å²) in [6, 6.07) is 11.6. The molecular formula is C22H23N3O3. The average Bonchev–Trinajstić information content (AvgIpc) is 2.72. The minimum absolute atomic E-state index is 0.0381. The second-order valence-electron chi connectivity index (χ2n) is 7.32. The van der Waals surface area contributed by atoms with E-state index >= 15 is 0 Å². The fourth-order valence-corrected chi connectivity index (χ4v) is 4.37. The number of nitrogens with one attached hydrogen (secondary N) is 1. The first-order chi connectivity index (χ1) is 13.7. The van der Waals surface area contributed by atoms with Gasteiger partial charge < -0.3 is 25.4 Å². The third-order valence-corrected chi connectivity index (χ3v) is 5.64. The van der Waals surface area contributed by atoms with Gasteiger partial charge in [-0.1, -0.05) is 24.3 Å². The molecule has 3 aliphatic heterocycles. The van der Waals surface area contributed by atoms with Crippen LogP contribution >= 0.6 is 0 Å². The van der Waals surface area contributed by atoms with E-state index < -0.39 is 0 Å². The van der Waals surface area contributed by atoms with E-state index in [1.165, 1.54) is 0 Å². The van der Waals surface area contributed by atoms with Crippen molar-refractivity contribution in [2.75, 3.05) is 24.7 Å². The van der Waals surface area contributed by atoms with E-state index in [-0.39, 0.29) is 18.1 Å². The van der Waals surface area contributed by atoms with E-state index in [2.05, 4.69) is 16.3 Å². The zero-order chi connectivity index (χ0) is 19.3. The number of amides is 1. The number of hydrogen-bond donors (Lipinski definition) is 2. The van der Waals surface area contributed by atoms with Crippen LogP contribution in [0, 0.1) is 0 Å². The van der Waals surface area contributed by atoms with Crippen molar-refractivity contribution in [1.82, 2.24) is 5.32 Å². The maximum atomic E-state index is 12.8. The number of rotatable bonds is 3. The summed E-state index contributed by atoms with van der Waals surface area (Å²) in [6.45, 7) is 3.74. The monoisotopic (exact) mass is 377 g/mol. The standard InChI is InChI=1S/C22H23N3O3/c1-2-27-18-8-3-5-13-11-14(12-28-20(13)18)21-24-22(26)16-7-4-6-15-17(23)9-10-25(21)19(15)16/h3-8,11,17,21H,2,9-10,12,23H2,1H3,(H,24,26)/t17-,21-/m1/s1. The summed E-state index contributed by atoms with van der Waals surface area (Å²) in [5, 5.41) is 3.16. The molecule has 2 aromatic rings. The Labute approximate surface area is 163 Å². The third-order valence-electron chi connectivity index (χ3n) is 5.64. The Kier molecular flexibility index (Phi) is 4.02. The number of nitrogens with zero attached hydrogens (tertiary/aromatic N) is 1. The summed E-state index contributed by atoms with van der Waals surface area (Å²) in [5.41, 5.74) is 11.0. The van der Waals surface area contributed by atoms with Gasteiger partial charge in [0.2, 0.25) is 0 Å². The molecule has 0 radical (unpaired) electrons. The lowest BCUT2D eigenvalue weighted by Crippen LogP contribution is -2.57. The van der Waals surface area contributed by atoms with Crippen molar-refractivity contribution < 1.29 is 14.3 Å². The second-order valence-corrected chi connectivity index (χ2v) is 7.32. The van der Waals surface area contributed by atoms with E-state index in [1.807, 2.05) is 43.3 Å². The number of ether oxygens (including phenoxy) is 2. The van der Waals surface area contributed by atoms with Gasteiger partial charge in [-0.2, -0.15) is 0 Å². The summed E-state index contributed by atoms with van der Waals surface area (Å²) >= 11 is 0. The Balaban J connectivity index is 1.56. The Morgan fingerprint density at radius 1 is 1.29 bits per heavy atom. The predicted molar refractivity (Wildman–Crippen MR) is 108 cm³/mol. The normalized spacial score (nSPS) is 22.4. The number of hydrogen-bond acceptors (Lipinski definition) is 5. The molecule has 0 saturated heterocycles. The topological polar surface area (TPSA) is 76.8 Å². The van der Waals surface area contributed by atoms with Crippen molar-refractivity contribution in [2.45, 2.75) is 25.6 Å². The molecule has 1 amide bonds. The predicted octanol–water partition coefficient (Wildman–Crippen LogP) is 2.84. The lowest BCUT2D eigenvalue weighted by Gasteiger charge is -2.45. The zero-order valence-electron chi connectivity index (χ0n) is 15.8. The highest BCUT2D eigenvalue weighted by Gasteiger charge is 2.38. The highest BCUT2D eigenvalue weighted by atomic mass is 16.5. The molecule has 0 bridgehead atoms. The van der Waals surface area contributed by atoms with Gasteiger partial charge in [0, 0.05) is 23.7 Å². The van der Waals surface area contributed by atoms with Crippen LogP contribution in [0.25, 0.3) is 6.08 Å². The first-order valence-electron chi connectivity index (χ1n) is 9.72. The molecule has 0 unspecified atom stereocenters. The van der Waals surface area contributed by atoms with E-state index in [1.54, 1.807) is 0 Å².